The lowest BCUT2D eigenvalue weighted by atomic mass is 10.1. The number of ether oxygens (including phenoxy) is 1. The first-order valence-electron chi connectivity index (χ1n) is 8.26. The van der Waals surface area contributed by atoms with E-state index in [9.17, 15) is 9.59 Å². The number of hydrogen-bond acceptors (Lipinski definition) is 3. The molecule has 2 aromatic rings. The van der Waals surface area contributed by atoms with E-state index in [4.69, 9.17) is 16.3 Å². The maximum atomic E-state index is 12.5. The second-order valence-electron chi connectivity index (χ2n) is 6.25. The van der Waals surface area contributed by atoms with E-state index in [0.717, 1.165) is 24.2 Å². The molecular formula is C19H17ClN2O3. The van der Waals surface area contributed by atoms with Crippen LogP contribution in [0.2, 0.25) is 5.02 Å². The molecule has 2 aromatic carbocycles. The molecule has 0 saturated carbocycles. The van der Waals surface area contributed by atoms with Crippen LogP contribution in [0.15, 0.2) is 42.5 Å². The lowest BCUT2D eigenvalue weighted by Gasteiger charge is -2.17. The van der Waals surface area contributed by atoms with Gasteiger partial charge in [0.2, 0.25) is 5.91 Å². The zero-order valence-electron chi connectivity index (χ0n) is 13.5. The SMILES string of the molecule is O=C(Nc1cccc(N2CCCC2=O)c1)C1Cc2cc(Cl)ccc2O1. The Bertz CT molecular complexity index is 852. The quantitative estimate of drug-likeness (QED) is 0.916. The van der Waals surface area contributed by atoms with E-state index in [2.05, 4.69) is 5.32 Å². The highest BCUT2D eigenvalue weighted by atomic mass is 35.5. The van der Waals surface area contributed by atoms with Crippen LogP contribution < -0.4 is 15.0 Å². The van der Waals surface area contributed by atoms with Crippen LogP contribution in [0.5, 0.6) is 5.75 Å². The Morgan fingerprint density at radius 1 is 1.24 bits per heavy atom. The summed E-state index contributed by atoms with van der Waals surface area (Å²) in [6, 6.07) is 12.7. The fraction of sp³-hybridized carbons (Fsp3) is 0.263. The molecule has 6 heteroatoms. The van der Waals surface area contributed by atoms with Gasteiger partial charge in [0, 0.05) is 35.8 Å². The molecule has 1 atom stereocenters. The molecule has 0 aromatic heterocycles. The zero-order valence-corrected chi connectivity index (χ0v) is 14.3. The van der Waals surface area contributed by atoms with Crippen LogP contribution >= 0.6 is 11.6 Å². The summed E-state index contributed by atoms with van der Waals surface area (Å²) in [5.41, 5.74) is 2.39. The van der Waals surface area contributed by atoms with Crippen molar-refractivity contribution in [3.63, 3.8) is 0 Å². The molecule has 0 spiro atoms. The van der Waals surface area contributed by atoms with Gasteiger partial charge in [0.1, 0.15) is 5.75 Å². The van der Waals surface area contributed by atoms with Crippen LogP contribution in [-0.2, 0) is 16.0 Å². The Morgan fingerprint density at radius 2 is 2.12 bits per heavy atom. The molecule has 5 nitrogen and oxygen atoms in total. The van der Waals surface area contributed by atoms with Crippen LogP contribution in [-0.4, -0.2) is 24.5 Å². The smallest absolute Gasteiger partial charge is 0.265 e. The molecule has 2 aliphatic heterocycles. The number of anilines is 2. The molecule has 0 radical (unpaired) electrons. The fourth-order valence-electron chi connectivity index (χ4n) is 3.26. The first kappa shape index (κ1) is 16.0. The molecule has 1 fully saturated rings. The number of benzene rings is 2. The van der Waals surface area contributed by atoms with Crippen LogP contribution in [0.3, 0.4) is 0 Å². The lowest BCUT2D eigenvalue weighted by Crippen LogP contribution is -2.31. The molecule has 1 saturated heterocycles. The highest BCUT2D eigenvalue weighted by Crippen LogP contribution is 2.32. The summed E-state index contributed by atoms with van der Waals surface area (Å²) in [6.07, 6.45) is 1.36. The summed E-state index contributed by atoms with van der Waals surface area (Å²) >= 11 is 5.98. The Morgan fingerprint density at radius 3 is 2.92 bits per heavy atom. The van der Waals surface area contributed by atoms with Crippen molar-refractivity contribution in [2.75, 3.05) is 16.8 Å². The van der Waals surface area contributed by atoms with Gasteiger partial charge >= 0.3 is 0 Å². The number of nitrogens with one attached hydrogen (secondary N) is 1. The molecule has 0 aliphatic carbocycles. The van der Waals surface area contributed by atoms with Gasteiger partial charge in [-0.1, -0.05) is 17.7 Å². The van der Waals surface area contributed by atoms with Gasteiger partial charge in [-0.05, 0) is 48.4 Å². The summed E-state index contributed by atoms with van der Waals surface area (Å²) < 4.78 is 5.71. The van der Waals surface area contributed by atoms with Gasteiger partial charge in [-0.15, -0.1) is 0 Å². The lowest BCUT2D eigenvalue weighted by molar-refractivity contribution is -0.122. The zero-order chi connectivity index (χ0) is 17.4. The van der Waals surface area contributed by atoms with Crippen molar-refractivity contribution < 1.29 is 14.3 Å². The Kier molecular flexibility index (Phi) is 4.09. The number of carbonyl (C=O) groups excluding carboxylic acids is 2. The second-order valence-corrected chi connectivity index (χ2v) is 6.69. The minimum atomic E-state index is -0.578. The van der Waals surface area contributed by atoms with Crippen molar-refractivity contribution in [1.29, 1.82) is 0 Å². The average Bonchev–Trinajstić information content (AvgIpc) is 3.20. The Labute approximate surface area is 150 Å². The van der Waals surface area contributed by atoms with Gasteiger partial charge in [-0.25, -0.2) is 0 Å². The molecule has 25 heavy (non-hydrogen) atoms. The Hall–Kier alpha value is -2.53. The maximum absolute atomic E-state index is 12.5. The number of halogens is 1. The minimum Gasteiger partial charge on any atom is -0.480 e. The van der Waals surface area contributed by atoms with Crippen LogP contribution in [0.1, 0.15) is 18.4 Å². The summed E-state index contributed by atoms with van der Waals surface area (Å²) in [4.78, 5) is 26.1. The van der Waals surface area contributed by atoms with Crippen LogP contribution in [0, 0.1) is 0 Å². The highest BCUT2D eigenvalue weighted by Gasteiger charge is 2.29. The van der Waals surface area contributed by atoms with E-state index >= 15 is 0 Å². The standard InChI is InChI=1S/C19H17ClN2O3/c20-13-6-7-16-12(9-13)10-17(25-16)19(24)21-14-3-1-4-15(11-14)22-8-2-5-18(22)23/h1,3-4,6-7,9,11,17H,2,5,8,10H2,(H,21,24). The number of rotatable bonds is 3. The van der Waals surface area contributed by atoms with Gasteiger partial charge in [0.05, 0.1) is 0 Å². The Balaban J connectivity index is 1.46. The third-order valence-corrected chi connectivity index (χ3v) is 4.72. The molecule has 2 amide bonds. The molecular weight excluding hydrogens is 340 g/mol. The van der Waals surface area contributed by atoms with Gasteiger partial charge in [-0.3, -0.25) is 9.59 Å². The first-order chi connectivity index (χ1) is 12.1. The average molecular weight is 357 g/mol. The largest absolute Gasteiger partial charge is 0.480 e. The number of fused-ring (bicyclic) bond motifs is 1. The van der Waals surface area contributed by atoms with E-state index in [1.54, 1.807) is 23.1 Å². The van der Waals surface area contributed by atoms with E-state index < -0.39 is 6.10 Å². The monoisotopic (exact) mass is 356 g/mol. The van der Waals surface area contributed by atoms with E-state index in [0.29, 0.717) is 29.3 Å². The van der Waals surface area contributed by atoms with Crippen molar-refractivity contribution in [2.45, 2.75) is 25.4 Å². The molecule has 0 bridgehead atoms. The molecule has 2 heterocycles. The molecule has 2 aliphatic rings. The topological polar surface area (TPSA) is 58.6 Å². The molecule has 1 unspecified atom stereocenters. The summed E-state index contributed by atoms with van der Waals surface area (Å²) in [5.74, 6) is 0.605. The summed E-state index contributed by atoms with van der Waals surface area (Å²) in [5, 5.41) is 3.51. The van der Waals surface area contributed by atoms with Gasteiger partial charge in [0.15, 0.2) is 6.10 Å². The molecule has 128 valence electrons. The molecule has 1 N–H and O–H groups in total. The van der Waals surface area contributed by atoms with E-state index in [-0.39, 0.29) is 11.8 Å². The van der Waals surface area contributed by atoms with Crippen molar-refractivity contribution in [1.82, 2.24) is 0 Å². The number of nitrogens with zero attached hydrogens (tertiary/aromatic N) is 1. The number of amides is 2. The number of hydrogen-bond donors (Lipinski definition) is 1. The molecule has 4 rings (SSSR count). The van der Waals surface area contributed by atoms with Gasteiger partial charge in [-0.2, -0.15) is 0 Å². The minimum absolute atomic E-state index is 0.120. The number of carbonyl (C=O) groups is 2. The van der Waals surface area contributed by atoms with E-state index in [1.807, 2.05) is 24.3 Å². The summed E-state index contributed by atoms with van der Waals surface area (Å²) in [7, 11) is 0. The maximum Gasteiger partial charge on any atom is 0.265 e. The fourth-order valence-corrected chi connectivity index (χ4v) is 3.45. The second kappa shape index (κ2) is 6.41. The van der Waals surface area contributed by atoms with Crippen molar-refractivity contribution >= 4 is 34.8 Å². The first-order valence-corrected chi connectivity index (χ1v) is 8.64. The normalized spacial score (nSPS) is 18.8. The third kappa shape index (κ3) is 3.20. The van der Waals surface area contributed by atoms with Crippen LogP contribution in [0.4, 0.5) is 11.4 Å². The van der Waals surface area contributed by atoms with Gasteiger partial charge in [0.25, 0.3) is 5.91 Å². The van der Waals surface area contributed by atoms with E-state index in [1.165, 1.54) is 0 Å². The van der Waals surface area contributed by atoms with Crippen molar-refractivity contribution in [3.8, 4) is 5.75 Å². The summed E-state index contributed by atoms with van der Waals surface area (Å²) in [6.45, 7) is 0.720. The third-order valence-electron chi connectivity index (χ3n) is 4.49. The van der Waals surface area contributed by atoms with Crippen molar-refractivity contribution in [3.05, 3.63) is 53.1 Å². The van der Waals surface area contributed by atoms with Gasteiger partial charge < -0.3 is 15.0 Å². The predicted octanol–water partition coefficient (Wildman–Crippen LogP) is 3.41. The van der Waals surface area contributed by atoms with Crippen molar-refractivity contribution in [2.24, 2.45) is 0 Å². The van der Waals surface area contributed by atoms with Crippen LogP contribution in [0.25, 0.3) is 0 Å². The highest BCUT2D eigenvalue weighted by molar-refractivity contribution is 6.30. The predicted molar refractivity (Wildman–Crippen MR) is 96.2 cm³/mol.